The molecule has 0 aliphatic carbocycles. The normalized spacial score (nSPS) is 18.4. The van der Waals surface area contributed by atoms with Crippen LogP contribution >= 0.6 is 0 Å². The minimum absolute atomic E-state index is 0.0174. The first-order valence-electron chi connectivity index (χ1n) is 9.22. The molecule has 2 saturated heterocycles. The molecule has 0 bridgehead atoms. The highest BCUT2D eigenvalue weighted by Gasteiger charge is 2.20. The molecule has 2 fully saturated rings. The number of nitrogens with zero attached hydrogens (tertiary/aromatic N) is 6. The molecule has 7 heteroatoms. The van der Waals surface area contributed by atoms with Gasteiger partial charge in [-0.05, 0) is 38.5 Å². The van der Waals surface area contributed by atoms with Crippen molar-refractivity contribution in [2.24, 2.45) is 0 Å². The Bertz CT molecular complexity index is 731. The number of rotatable bonds is 3. The van der Waals surface area contributed by atoms with E-state index in [1.54, 1.807) is 18.9 Å². The molecule has 0 radical (unpaired) electrons. The summed E-state index contributed by atoms with van der Waals surface area (Å²) in [5, 5.41) is 0. The van der Waals surface area contributed by atoms with Gasteiger partial charge in [-0.1, -0.05) is 0 Å². The molecular weight excluding hydrogens is 316 g/mol. The second-order valence-corrected chi connectivity index (χ2v) is 6.80. The van der Waals surface area contributed by atoms with Crippen LogP contribution in [0.15, 0.2) is 24.9 Å². The summed E-state index contributed by atoms with van der Waals surface area (Å²) < 4.78 is 1.81. The van der Waals surface area contributed by atoms with E-state index in [1.807, 2.05) is 15.5 Å². The minimum atomic E-state index is 0.0174. The van der Waals surface area contributed by atoms with Crippen LogP contribution in [0.3, 0.4) is 0 Å². The van der Waals surface area contributed by atoms with Crippen LogP contribution in [0.5, 0.6) is 0 Å². The fraction of sp³-hybridized carbons (Fsp3) is 0.556. The molecule has 2 aromatic rings. The van der Waals surface area contributed by atoms with Crippen molar-refractivity contribution in [3.8, 4) is 5.82 Å². The number of anilines is 1. The van der Waals surface area contributed by atoms with Crippen molar-refractivity contribution < 1.29 is 4.79 Å². The predicted octanol–water partition coefficient (Wildman–Crippen LogP) is 2.28. The largest absolute Gasteiger partial charge is 0.356 e. The van der Waals surface area contributed by atoms with Crippen molar-refractivity contribution in [3.63, 3.8) is 0 Å². The lowest BCUT2D eigenvalue weighted by molar-refractivity contribution is 0.0719. The zero-order chi connectivity index (χ0) is 17.1. The minimum Gasteiger partial charge on any atom is -0.356 e. The zero-order valence-corrected chi connectivity index (χ0v) is 14.5. The number of piperidine rings is 2. The third kappa shape index (κ3) is 3.50. The van der Waals surface area contributed by atoms with Gasteiger partial charge >= 0.3 is 0 Å². The van der Waals surface area contributed by atoms with E-state index < -0.39 is 0 Å². The van der Waals surface area contributed by atoms with E-state index in [0.717, 1.165) is 50.7 Å². The smallest absolute Gasteiger partial charge is 0.274 e. The second kappa shape index (κ2) is 7.21. The van der Waals surface area contributed by atoms with Gasteiger partial charge in [-0.15, -0.1) is 0 Å². The Morgan fingerprint density at radius 1 is 0.840 bits per heavy atom. The molecule has 7 nitrogen and oxygen atoms in total. The first-order valence-corrected chi connectivity index (χ1v) is 9.22. The molecule has 1 amide bonds. The van der Waals surface area contributed by atoms with Gasteiger partial charge in [-0.25, -0.2) is 15.0 Å². The Balaban J connectivity index is 1.52. The second-order valence-electron chi connectivity index (χ2n) is 6.80. The average Bonchev–Trinajstić information content (AvgIpc) is 3.19. The summed E-state index contributed by atoms with van der Waals surface area (Å²) in [6, 6.07) is 1.97. The lowest BCUT2D eigenvalue weighted by Crippen LogP contribution is -2.35. The molecule has 0 unspecified atom stereocenters. The number of aromatic nitrogens is 4. The summed E-state index contributed by atoms with van der Waals surface area (Å²) in [6.07, 6.45) is 12.1. The number of carbonyl (C=O) groups is 1. The lowest BCUT2D eigenvalue weighted by atomic mass is 10.1. The maximum absolute atomic E-state index is 12.6. The molecule has 132 valence electrons. The fourth-order valence-corrected chi connectivity index (χ4v) is 3.59. The van der Waals surface area contributed by atoms with Gasteiger partial charge in [-0.3, -0.25) is 9.36 Å². The third-order valence-electron chi connectivity index (χ3n) is 5.03. The Morgan fingerprint density at radius 2 is 1.52 bits per heavy atom. The van der Waals surface area contributed by atoms with Crippen LogP contribution in [0.4, 0.5) is 5.82 Å². The molecule has 0 spiro atoms. The molecule has 2 aromatic heterocycles. The van der Waals surface area contributed by atoms with E-state index in [0.29, 0.717) is 5.69 Å². The van der Waals surface area contributed by atoms with Crippen LogP contribution in [0, 0.1) is 0 Å². The molecule has 4 heterocycles. The Labute approximate surface area is 147 Å². The number of hydrogen-bond acceptors (Lipinski definition) is 5. The molecule has 0 atom stereocenters. The monoisotopic (exact) mass is 340 g/mol. The standard InChI is InChI=1S/C18H24N6O/c25-18(23-9-5-2-6-10-23)15-12-24(14-21-15)17-11-16(19-13-20-17)22-7-3-1-4-8-22/h11-14H,1-10H2. The van der Waals surface area contributed by atoms with Crippen LogP contribution in [0.25, 0.3) is 5.82 Å². The molecule has 0 aromatic carbocycles. The summed E-state index contributed by atoms with van der Waals surface area (Å²) in [4.78, 5) is 29.8. The molecule has 0 saturated carbocycles. The first-order chi connectivity index (χ1) is 12.3. The summed E-state index contributed by atoms with van der Waals surface area (Å²) in [7, 11) is 0. The Kier molecular flexibility index (Phi) is 4.63. The van der Waals surface area contributed by atoms with Gasteiger partial charge in [0, 0.05) is 38.4 Å². The van der Waals surface area contributed by atoms with Gasteiger partial charge in [-0.2, -0.15) is 0 Å². The SMILES string of the molecule is O=C(c1cn(-c2cc(N3CCCCC3)ncn2)cn1)N1CCCCC1. The molecule has 2 aliphatic heterocycles. The van der Waals surface area contributed by atoms with Crippen molar-refractivity contribution >= 4 is 11.7 Å². The number of hydrogen-bond donors (Lipinski definition) is 0. The number of likely N-dealkylation sites (tertiary alicyclic amines) is 1. The van der Waals surface area contributed by atoms with Crippen molar-refractivity contribution in [1.29, 1.82) is 0 Å². The molecule has 4 rings (SSSR count). The summed E-state index contributed by atoms with van der Waals surface area (Å²) in [6.45, 7) is 3.74. The fourth-order valence-electron chi connectivity index (χ4n) is 3.59. The quantitative estimate of drug-likeness (QED) is 0.857. The Hall–Kier alpha value is -2.44. The van der Waals surface area contributed by atoms with E-state index >= 15 is 0 Å². The highest BCUT2D eigenvalue weighted by Crippen LogP contribution is 2.19. The predicted molar refractivity (Wildman–Crippen MR) is 95.0 cm³/mol. The molecular formula is C18H24N6O. The summed E-state index contributed by atoms with van der Waals surface area (Å²) in [5.41, 5.74) is 0.486. The van der Waals surface area contributed by atoms with Gasteiger partial charge in [0.05, 0.1) is 0 Å². The van der Waals surface area contributed by atoms with Gasteiger partial charge in [0.1, 0.15) is 30.0 Å². The van der Waals surface area contributed by atoms with E-state index in [9.17, 15) is 4.79 Å². The van der Waals surface area contributed by atoms with Crippen molar-refractivity contribution in [2.45, 2.75) is 38.5 Å². The van der Waals surface area contributed by atoms with Crippen molar-refractivity contribution in [2.75, 3.05) is 31.1 Å². The van der Waals surface area contributed by atoms with Crippen molar-refractivity contribution in [1.82, 2.24) is 24.4 Å². The van der Waals surface area contributed by atoms with E-state index in [1.165, 1.54) is 25.7 Å². The average molecular weight is 340 g/mol. The third-order valence-corrected chi connectivity index (χ3v) is 5.03. The number of carbonyl (C=O) groups excluding carboxylic acids is 1. The van der Waals surface area contributed by atoms with Crippen LogP contribution in [0.1, 0.15) is 49.0 Å². The van der Waals surface area contributed by atoms with Crippen molar-refractivity contribution in [3.05, 3.63) is 30.6 Å². The van der Waals surface area contributed by atoms with Crippen LogP contribution in [0.2, 0.25) is 0 Å². The van der Waals surface area contributed by atoms with E-state index in [-0.39, 0.29) is 5.91 Å². The zero-order valence-electron chi connectivity index (χ0n) is 14.5. The van der Waals surface area contributed by atoms with Gasteiger partial charge in [0.15, 0.2) is 0 Å². The molecule has 2 aliphatic rings. The summed E-state index contributed by atoms with van der Waals surface area (Å²) in [5.74, 6) is 1.71. The number of amides is 1. The maximum Gasteiger partial charge on any atom is 0.274 e. The van der Waals surface area contributed by atoms with Crippen LogP contribution in [-0.4, -0.2) is 56.5 Å². The highest BCUT2D eigenvalue weighted by atomic mass is 16.2. The first kappa shape index (κ1) is 16.1. The van der Waals surface area contributed by atoms with Crippen LogP contribution < -0.4 is 4.90 Å². The van der Waals surface area contributed by atoms with E-state index in [2.05, 4.69) is 19.9 Å². The topological polar surface area (TPSA) is 67.2 Å². The van der Waals surface area contributed by atoms with Gasteiger partial charge in [0.25, 0.3) is 5.91 Å². The van der Waals surface area contributed by atoms with E-state index in [4.69, 9.17) is 0 Å². The maximum atomic E-state index is 12.6. The highest BCUT2D eigenvalue weighted by molar-refractivity contribution is 5.92. The molecule has 0 N–H and O–H groups in total. The lowest BCUT2D eigenvalue weighted by Gasteiger charge is -2.27. The summed E-state index contributed by atoms with van der Waals surface area (Å²) >= 11 is 0. The van der Waals surface area contributed by atoms with Gasteiger partial charge in [0.2, 0.25) is 0 Å². The van der Waals surface area contributed by atoms with Crippen LogP contribution in [-0.2, 0) is 0 Å². The number of imidazole rings is 1. The molecule has 25 heavy (non-hydrogen) atoms. The Morgan fingerprint density at radius 3 is 2.28 bits per heavy atom. The van der Waals surface area contributed by atoms with Gasteiger partial charge < -0.3 is 9.80 Å².